The number of hydrogen-bond donors (Lipinski definition) is 1. The minimum atomic E-state index is -4.66. The molecule has 112 valence electrons. The number of anilines is 1. The van der Waals surface area contributed by atoms with E-state index in [2.05, 4.69) is 17.0 Å². The second kappa shape index (κ2) is 6.35. The highest BCUT2D eigenvalue weighted by atomic mass is 19.4. The SMILES string of the molecule is CCC1CN(c2ccccc2OC(F)(F)F)CCCN1. The summed E-state index contributed by atoms with van der Waals surface area (Å²) in [4.78, 5) is 1.97. The van der Waals surface area contributed by atoms with E-state index in [4.69, 9.17) is 0 Å². The Kier molecular flexibility index (Phi) is 4.75. The van der Waals surface area contributed by atoms with Crippen LogP contribution >= 0.6 is 0 Å². The third-order valence-electron chi connectivity index (χ3n) is 3.40. The van der Waals surface area contributed by atoms with Gasteiger partial charge in [-0.25, -0.2) is 0 Å². The quantitative estimate of drug-likeness (QED) is 0.924. The van der Waals surface area contributed by atoms with Crippen molar-refractivity contribution < 1.29 is 17.9 Å². The molecule has 3 nitrogen and oxygen atoms in total. The normalized spacial score (nSPS) is 20.6. The van der Waals surface area contributed by atoms with Crippen LogP contribution in [0.4, 0.5) is 18.9 Å². The number of rotatable bonds is 3. The van der Waals surface area contributed by atoms with Gasteiger partial charge in [0.1, 0.15) is 0 Å². The molecule has 2 rings (SSSR count). The van der Waals surface area contributed by atoms with Crippen LogP contribution in [0, 0.1) is 0 Å². The Morgan fingerprint density at radius 3 is 2.80 bits per heavy atom. The summed E-state index contributed by atoms with van der Waals surface area (Å²) in [5.74, 6) is -0.128. The summed E-state index contributed by atoms with van der Waals surface area (Å²) >= 11 is 0. The number of alkyl halides is 3. The molecule has 1 aliphatic rings. The molecule has 6 heteroatoms. The Morgan fingerprint density at radius 2 is 2.10 bits per heavy atom. The number of nitrogens with zero attached hydrogens (tertiary/aromatic N) is 1. The molecule has 1 saturated heterocycles. The molecule has 0 aliphatic carbocycles. The molecule has 1 aromatic rings. The third-order valence-corrected chi connectivity index (χ3v) is 3.40. The lowest BCUT2D eigenvalue weighted by atomic mass is 10.2. The van der Waals surface area contributed by atoms with Crippen molar-refractivity contribution in [3.8, 4) is 5.75 Å². The van der Waals surface area contributed by atoms with Gasteiger partial charge in [-0.05, 0) is 31.5 Å². The van der Waals surface area contributed by atoms with Gasteiger partial charge in [-0.2, -0.15) is 0 Å². The molecule has 1 aliphatic heterocycles. The van der Waals surface area contributed by atoms with Gasteiger partial charge in [0.15, 0.2) is 5.75 Å². The average Bonchev–Trinajstić information content (AvgIpc) is 2.63. The molecule has 0 amide bonds. The van der Waals surface area contributed by atoms with Gasteiger partial charge in [-0.3, -0.25) is 0 Å². The monoisotopic (exact) mass is 288 g/mol. The first-order valence-corrected chi connectivity index (χ1v) is 6.82. The van der Waals surface area contributed by atoms with Crippen LogP contribution in [0.15, 0.2) is 24.3 Å². The van der Waals surface area contributed by atoms with Crippen LogP contribution in [0.2, 0.25) is 0 Å². The largest absolute Gasteiger partial charge is 0.573 e. The van der Waals surface area contributed by atoms with Crippen molar-refractivity contribution in [2.24, 2.45) is 0 Å². The molecule has 1 aromatic carbocycles. The van der Waals surface area contributed by atoms with Crippen LogP contribution in [0.25, 0.3) is 0 Å². The zero-order chi connectivity index (χ0) is 14.6. The highest BCUT2D eigenvalue weighted by Gasteiger charge is 2.33. The van der Waals surface area contributed by atoms with Crippen molar-refractivity contribution in [1.29, 1.82) is 0 Å². The number of hydrogen-bond acceptors (Lipinski definition) is 3. The standard InChI is InChI=1S/C14H19F3N2O/c1-2-11-10-19(9-5-8-18-11)12-6-3-4-7-13(12)20-14(15,16)17/h3-4,6-7,11,18H,2,5,8-10H2,1H3. The van der Waals surface area contributed by atoms with Crippen molar-refractivity contribution in [3.63, 3.8) is 0 Å². The van der Waals surface area contributed by atoms with Crippen LogP contribution in [0.1, 0.15) is 19.8 Å². The first-order chi connectivity index (χ1) is 9.49. The van der Waals surface area contributed by atoms with Gasteiger partial charge in [0.2, 0.25) is 0 Å². The maximum absolute atomic E-state index is 12.5. The predicted octanol–water partition coefficient (Wildman–Crippen LogP) is 3.16. The summed E-state index contributed by atoms with van der Waals surface area (Å²) in [6.07, 6.45) is -2.82. The van der Waals surface area contributed by atoms with Crippen LogP contribution < -0.4 is 15.0 Å². The molecule has 1 heterocycles. The fourth-order valence-corrected chi connectivity index (χ4v) is 2.42. The minimum absolute atomic E-state index is 0.128. The zero-order valence-corrected chi connectivity index (χ0v) is 11.4. The Balaban J connectivity index is 2.22. The summed E-state index contributed by atoms with van der Waals surface area (Å²) in [5.41, 5.74) is 0.506. The van der Waals surface area contributed by atoms with Crippen LogP contribution in [0.5, 0.6) is 5.75 Å². The van der Waals surface area contributed by atoms with E-state index in [1.807, 2.05) is 4.90 Å². The summed E-state index contributed by atoms with van der Waals surface area (Å²) < 4.78 is 41.5. The van der Waals surface area contributed by atoms with E-state index in [0.717, 1.165) is 25.9 Å². The topological polar surface area (TPSA) is 24.5 Å². The fourth-order valence-electron chi connectivity index (χ4n) is 2.42. The second-order valence-corrected chi connectivity index (χ2v) is 4.87. The molecule has 0 spiro atoms. The van der Waals surface area contributed by atoms with Gasteiger partial charge in [-0.1, -0.05) is 19.1 Å². The maximum Gasteiger partial charge on any atom is 0.573 e. The summed E-state index contributed by atoms with van der Waals surface area (Å²) in [7, 11) is 0. The summed E-state index contributed by atoms with van der Waals surface area (Å²) in [5, 5.41) is 3.39. The highest BCUT2D eigenvalue weighted by Crippen LogP contribution is 2.33. The van der Waals surface area contributed by atoms with Crippen molar-refractivity contribution in [2.45, 2.75) is 32.2 Å². The van der Waals surface area contributed by atoms with Gasteiger partial charge in [-0.15, -0.1) is 13.2 Å². The van der Waals surface area contributed by atoms with Gasteiger partial charge < -0.3 is 15.0 Å². The minimum Gasteiger partial charge on any atom is -0.404 e. The molecule has 0 bridgehead atoms. The predicted molar refractivity (Wildman–Crippen MR) is 72.0 cm³/mol. The molecule has 0 radical (unpaired) electrons. The van der Waals surface area contributed by atoms with Crippen LogP contribution in [0.3, 0.4) is 0 Å². The van der Waals surface area contributed by atoms with Crippen molar-refractivity contribution >= 4 is 5.69 Å². The van der Waals surface area contributed by atoms with E-state index in [9.17, 15) is 13.2 Å². The van der Waals surface area contributed by atoms with Gasteiger partial charge >= 0.3 is 6.36 Å². The van der Waals surface area contributed by atoms with Crippen molar-refractivity contribution in [2.75, 3.05) is 24.5 Å². The lowest BCUT2D eigenvalue weighted by Gasteiger charge is -2.27. The first kappa shape index (κ1) is 15.0. The zero-order valence-electron chi connectivity index (χ0n) is 11.4. The molecule has 0 saturated carbocycles. The third kappa shape index (κ3) is 4.03. The number of nitrogens with one attached hydrogen (secondary N) is 1. The molecule has 1 N–H and O–H groups in total. The fraction of sp³-hybridized carbons (Fsp3) is 0.571. The summed E-state index contributed by atoms with van der Waals surface area (Å²) in [6, 6.07) is 6.62. The molecule has 1 fully saturated rings. The van der Waals surface area contributed by atoms with E-state index < -0.39 is 6.36 Å². The Morgan fingerprint density at radius 1 is 1.35 bits per heavy atom. The van der Waals surface area contributed by atoms with Gasteiger partial charge in [0.25, 0.3) is 0 Å². The molecule has 0 aromatic heterocycles. The molecule has 1 atom stereocenters. The Labute approximate surface area is 116 Å². The Hall–Kier alpha value is -1.43. The van der Waals surface area contributed by atoms with E-state index in [-0.39, 0.29) is 11.8 Å². The Bertz CT molecular complexity index is 437. The second-order valence-electron chi connectivity index (χ2n) is 4.87. The van der Waals surface area contributed by atoms with E-state index >= 15 is 0 Å². The van der Waals surface area contributed by atoms with Gasteiger partial charge in [0, 0.05) is 19.1 Å². The van der Waals surface area contributed by atoms with Crippen molar-refractivity contribution in [3.05, 3.63) is 24.3 Å². The average molecular weight is 288 g/mol. The van der Waals surface area contributed by atoms with Crippen LogP contribution in [-0.4, -0.2) is 32.0 Å². The maximum atomic E-state index is 12.5. The van der Waals surface area contributed by atoms with Gasteiger partial charge in [0.05, 0.1) is 5.69 Å². The van der Waals surface area contributed by atoms with E-state index in [1.54, 1.807) is 18.2 Å². The summed E-state index contributed by atoms with van der Waals surface area (Å²) in [6.45, 7) is 4.37. The highest BCUT2D eigenvalue weighted by molar-refractivity contribution is 5.58. The number of para-hydroxylation sites is 2. The lowest BCUT2D eigenvalue weighted by molar-refractivity contribution is -0.274. The molecular weight excluding hydrogens is 269 g/mol. The molecule has 1 unspecified atom stereocenters. The molecule has 20 heavy (non-hydrogen) atoms. The number of ether oxygens (including phenoxy) is 1. The smallest absolute Gasteiger partial charge is 0.404 e. The van der Waals surface area contributed by atoms with E-state index in [1.165, 1.54) is 6.07 Å². The van der Waals surface area contributed by atoms with Crippen LogP contribution in [-0.2, 0) is 0 Å². The lowest BCUT2D eigenvalue weighted by Crippen LogP contribution is -2.37. The first-order valence-electron chi connectivity index (χ1n) is 6.82. The van der Waals surface area contributed by atoms with E-state index in [0.29, 0.717) is 12.2 Å². The van der Waals surface area contributed by atoms with Crippen molar-refractivity contribution in [1.82, 2.24) is 5.32 Å². The number of benzene rings is 1. The number of halogens is 3. The molecular formula is C14H19F3N2O.